The number of aryl methyl sites for hydroxylation is 1. The number of benzene rings is 3. The highest BCUT2D eigenvalue weighted by Gasteiger charge is 2.07. The number of amides is 1. The Morgan fingerprint density at radius 3 is 2.59 bits per heavy atom. The Labute approximate surface area is 196 Å². The van der Waals surface area contributed by atoms with Gasteiger partial charge in [-0.25, -0.2) is 4.98 Å². The van der Waals surface area contributed by atoms with Gasteiger partial charge in [-0.1, -0.05) is 41.9 Å². The highest BCUT2D eigenvalue weighted by molar-refractivity contribution is 7.80. The van der Waals surface area contributed by atoms with Crippen LogP contribution in [0.25, 0.3) is 17.2 Å². The van der Waals surface area contributed by atoms with Gasteiger partial charge < -0.3 is 9.73 Å². The number of carbonyl (C=O) groups excluding carboxylic acids is 1. The van der Waals surface area contributed by atoms with E-state index in [0.717, 1.165) is 33.5 Å². The minimum Gasteiger partial charge on any atom is -0.440 e. The second-order valence-corrected chi connectivity index (χ2v) is 8.13. The van der Waals surface area contributed by atoms with Crippen LogP contribution in [0.1, 0.15) is 22.6 Å². The zero-order chi connectivity index (χ0) is 22.5. The zero-order valence-electron chi connectivity index (χ0n) is 17.3. The van der Waals surface area contributed by atoms with Gasteiger partial charge in [-0.2, -0.15) is 0 Å². The summed E-state index contributed by atoms with van der Waals surface area (Å²) in [6.07, 6.45) is 3.70. The Bertz CT molecular complexity index is 1300. The van der Waals surface area contributed by atoms with E-state index in [-0.39, 0.29) is 11.0 Å². The van der Waals surface area contributed by atoms with E-state index >= 15 is 0 Å². The van der Waals surface area contributed by atoms with Gasteiger partial charge in [0, 0.05) is 23.2 Å². The molecule has 0 bridgehead atoms. The summed E-state index contributed by atoms with van der Waals surface area (Å²) in [5, 5.41) is 6.50. The molecule has 0 radical (unpaired) electrons. The van der Waals surface area contributed by atoms with Gasteiger partial charge in [-0.05, 0) is 78.3 Å². The van der Waals surface area contributed by atoms with Crippen LogP contribution in [0.4, 0.5) is 5.69 Å². The first kappa shape index (κ1) is 21.7. The van der Waals surface area contributed by atoms with Gasteiger partial charge in [0.25, 0.3) is 0 Å². The number of fused-ring (bicyclic) bond motifs is 1. The fraction of sp³-hybridized carbons (Fsp3) is 0.0800. The van der Waals surface area contributed by atoms with E-state index in [0.29, 0.717) is 17.3 Å². The molecule has 0 unspecified atom stereocenters. The Morgan fingerprint density at radius 2 is 1.84 bits per heavy atom. The molecule has 0 aliphatic rings. The summed E-state index contributed by atoms with van der Waals surface area (Å²) in [5.74, 6) is 0.349. The van der Waals surface area contributed by atoms with Gasteiger partial charge in [0.15, 0.2) is 16.6 Å². The minimum absolute atomic E-state index is 0.220. The van der Waals surface area contributed by atoms with Crippen LogP contribution in [0.5, 0.6) is 0 Å². The van der Waals surface area contributed by atoms with Gasteiger partial charge in [-0.3, -0.25) is 10.1 Å². The number of anilines is 1. The van der Waals surface area contributed by atoms with Crippen molar-refractivity contribution >= 4 is 57.7 Å². The lowest BCUT2D eigenvalue weighted by atomic mass is 10.1. The fourth-order valence-electron chi connectivity index (χ4n) is 3.10. The van der Waals surface area contributed by atoms with Crippen LogP contribution < -0.4 is 10.6 Å². The number of hydrogen-bond donors (Lipinski definition) is 2. The Hall–Kier alpha value is -3.48. The Morgan fingerprint density at radius 1 is 1.09 bits per heavy atom. The second-order valence-electron chi connectivity index (χ2n) is 7.28. The summed E-state index contributed by atoms with van der Waals surface area (Å²) >= 11 is 11.1. The standard InChI is InChI=1S/C25H20ClN3O2S/c1-16-2-12-22-21(14-16)28-24(31-22)15-18-5-10-20(11-6-18)27-25(32)29-23(30)13-7-17-3-8-19(26)9-4-17/h2-14H,15H2,1H3,(H2,27,29,30,32)/b13-7+. The van der Waals surface area contributed by atoms with Crippen LogP contribution in [0.15, 0.2) is 77.2 Å². The first-order valence-corrected chi connectivity index (χ1v) is 10.7. The van der Waals surface area contributed by atoms with Crippen molar-refractivity contribution in [3.8, 4) is 0 Å². The van der Waals surface area contributed by atoms with Crippen molar-refractivity contribution in [2.24, 2.45) is 0 Å². The predicted octanol–water partition coefficient (Wildman–Crippen LogP) is 5.91. The van der Waals surface area contributed by atoms with Crippen LogP contribution in [0.2, 0.25) is 5.02 Å². The van der Waals surface area contributed by atoms with E-state index < -0.39 is 0 Å². The predicted molar refractivity (Wildman–Crippen MR) is 133 cm³/mol. The van der Waals surface area contributed by atoms with Gasteiger partial charge in [0.1, 0.15) is 5.52 Å². The van der Waals surface area contributed by atoms with Crippen molar-refractivity contribution in [2.75, 3.05) is 5.32 Å². The third kappa shape index (κ3) is 5.81. The van der Waals surface area contributed by atoms with E-state index in [1.54, 1.807) is 18.2 Å². The highest BCUT2D eigenvalue weighted by atomic mass is 35.5. The van der Waals surface area contributed by atoms with Gasteiger partial charge in [-0.15, -0.1) is 0 Å². The lowest BCUT2D eigenvalue weighted by Gasteiger charge is -2.08. The first-order valence-electron chi connectivity index (χ1n) is 9.95. The molecule has 1 aromatic heterocycles. The molecule has 0 fully saturated rings. The maximum Gasteiger partial charge on any atom is 0.250 e. The lowest BCUT2D eigenvalue weighted by molar-refractivity contribution is -0.115. The van der Waals surface area contributed by atoms with E-state index in [9.17, 15) is 4.79 Å². The van der Waals surface area contributed by atoms with Crippen LogP contribution in [0.3, 0.4) is 0 Å². The van der Waals surface area contributed by atoms with Crippen LogP contribution in [-0.2, 0) is 11.2 Å². The average molecular weight is 462 g/mol. The molecule has 1 amide bonds. The average Bonchev–Trinajstić information content (AvgIpc) is 3.16. The largest absolute Gasteiger partial charge is 0.440 e. The topological polar surface area (TPSA) is 67.2 Å². The maximum atomic E-state index is 12.1. The molecule has 0 atom stereocenters. The molecular formula is C25H20ClN3O2S. The highest BCUT2D eigenvalue weighted by Crippen LogP contribution is 2.20. The summed E-state index contributed by atoms with van der Waals surface area (Å²) in [7, 11) is 0. The Balaban J connectivity index is 1.31. The molecule has 7 heteroatoms. The number of hydrogen-bond acceptors (Lipinski definition) is 4. The van der Waals surface area contributed by atoms with E-state index in [4.69, 9.17) is 28.2 Å². The summed E-state index contributed by atoms with van der Waals surface area (Å²) in [5.41, 5.74) is 5.50. The molecule has 1 heterocycles. The molecule has 4 rings (SSSR count). The molecule has 5 nitrogen and oxygen atoms in total. The van der Waals surface area contributed by atoms with Gasteiger partial charge in [0.05, 0.1) is 0 Å². The third-order valence-electron chi connectivity index (χ3n) is 4.69. The molecule has 0 aliphatic heterocycles. The summed E-state index contributed by atoms with van der Waals surface area (Å²) in [4.78, 5) is 16.6. The molecule has 0 saturated heterocycles. The first-order chi connectivity index (χ1) is 15.4. The monoisotopic (exact) mass is 461 g/mol. The van der Waals surface area contributed by atoms with Crippen molar-refractivity contribution in [2.45, 2.75) is 13.3 Å². The van der Waals surface area contributed by atoms with Crippen LogP contribution >= 0.6 is 23.8 Å². The van der Waals surface area contributed by atoms with E-state index in [2.05, 4.69) is 15.6 Å². The van der Waals surface area contributed by atoms with Crippen molar-refractivity contribution < 1.29 is 9.21 Å². The van der Waals surface area contributed by atoms with Crippen LogP contribution in [0, 0.1) is 6.92 Å². The fourth-order valence-corrected chi connectivity index (χ4v) is 3.45. The van der Waals surface area contributed by atoms with Crippen molar-refractivity contribution in [1.82, 2.24) is 10.3 Å². The number of thiocarbonyl (C=S) groups is 1. The normalized spacial score (nSPS) is 11.1. The quantitative estimate of drug-likeness (QED) is 0.286. The number of rotatable bonds is 5. The lowest BCUT2D eigenvalue weighted by Crippen LogP contribution is -2.32. The zero-order valence-corrected chi connectivity index (χ0v) is 18.8. The number of oxazole rings is 1. The number of carbonyl (C=O) groups is 1. The van der Waals surface area contributed by atoms with E-state index in [1.807, 2.05) is 61.5 Å². The van der Waals surface area contributed by atoms with Crippen LogP contribution in [-0.4, -0.2) is 16.0 Å². The molecule has 4 aromatic rings. The van der Waals surface area contributed by atoms with Gasteiger partial charge >= 0.3 is 0 Å². The summed E-state index contributed by atoms with van der Waals surface area (Å²) in [6, 6.07) is 20.9. The summed E-state index contributed by atoms with van der Waals surface area (Å²) in [6.45, 7) is 2.03. The molecule has 0 saturated carbocycles. The van der Waals surface area contributed by atoms with Crippen molar-refractivity contribution in [3.05, 3.63) is 100 Å². The number of halogens is 1. The Kier molecular flexibility index (Phi) is 6.63. The minimum atomic E-state index is -0.319. The SMILES string of the molecule is Cc1ccc2oc(Cc3ccc(NC(=S)NC(=O)/C=C/c4ccc(Cl)cc4)cc3)nc2c1. The molecule has 2 N–H and O–H groups in total. The molecule has 3 aromatic carbocycles. The maximum absolute atomic E-state index is 12.1. The van der Waals surface area contributed by atoms with Crippen molar-refractivity contribution in [3.63, 3.8) is 0 Å². The molecule has 32 heavy (non-hydrogen) atoms. The second kappa shape index (κ2) is 9.77. The van der Waals surface area contributed by atoms with Crippen molar-refractivity contribution in [1.29, 1.82) is 0 Å². The number of nitrogens with zero attached hydrogens (tertiary/aromatic N) is 1. The smallest absolute Gasteiger partial charge is 0.250 e. The van der Waals surface area contributed by atoms with E-state index in [1.165, 1.54) is 6.08 Å². The third-order valence-corrected chi connectivity index (χ3v) is 5.14. The summed E-state index contributed by atoms with van der Waals surface area (Å²) < 4.78 is 5.82. The molecule has 0 aliphatic carbocycles. The molecular weight excluding hydrogens is 442 g/mol. The number of nitrogens with one attached hydrogen (secondary N) is 2. The number of aromatic nitrogens is 1. The van der Waals surface area contributed by atoms with Gasteiger partial charge in [0.2, 0.25) is 5.91 Å². The molecule has 160 valence electrons. The molecule has 0 spiro atoms.